The van der Waals surface area contributed by atoms with Gasteiger partial charge >= 0.3 is 6.61 Å². The van der Waals surface area contributed by atoms with Crippen molar-refractivity contribution in [2.45, 2.75) is 37.7 Å². The van der Waals surface area contributed by atoms with Crippen molar-refractivity contribution in [2.24, 2.45) is 0 Å². The molecule has 1 atom stereocenters. The Labute approximate surface area is 128 Å². The Morgan fingerprint density at radius 2 is 2.19 bits per heavy atom. The third-order valence-corrected chi connectivity index (χ3v) is 5.11. The molecule has 0 amide bonds. The third kappa shape index (κ3) is 4.74. The fraction of sp³-hybridized carbons (Fsp3) is 0.600. The smallest absolute Gasteiger partial charge is 0.387 e. The summed E-state index contributed by atoms with van der Waals surface area (Å²) in [6, 6.07) is 5.11. The lowest BCUT2D eigenvalue weighted by Gasteiger charge is -2.23. The number of methoxy groups -OCH3 is 1. The maximum Gasteiger partial charge on any atom is 0.387 e. The molecule has 6 heteroatoms. The molecule has 21 heavy (non-hydrogen) atoms. The maximum absolute atomic E-state index is 12.4. The molecule has 1 unspecified atom stereocenters. The van der Waals surface area contributed by atoms with Crippen LogP contribution in [0.15, 0.2) is 18.2 Å². The topological polar surface area (TPSA) is 30.5 Å². The molecule has 1 aromatic rings. The van der Waals surface area contributed by atoms with Crippen LogP contribution in [0.1, 0.15) is 25.3 Å². The molecule has 118 valence electrons. The van der Waals surface area contributed by atoms with E-state index in [0.717, 1.165) is 12.1 Å². The van der Waals surface area contributed by atoms with E-state index in [9.17, 15) is 8.78 Å². The van der Waals surface area contributed by atoms with Crippen molar-refractivity contribution in [3.8, 4) is 11.5 Å². The summed E-state index contributed by atoms with van der Waals surface area (Å²) in [5, 5.41) is 3.40. The van der Waals surface area contributed by atoms with E-state index >= 15 is 0 Å². The van der Waals surface area contributed by atoms with Crippen molar-refractivity contribution in [3.63, 3.8) is 0 Å². The van der Waals surface area contributed by atoms with Crippen LogP contribution in [0.3, 0.4) is 0 Å². The summed E-state index contributed by atoms with van der Waals surface area (Å²) in [5.41, 5.74) is 0.901. The number of benzene rings is 1. The van der Waals surface area contributed by atoms with E-state index in [2.05, 4.69) is 17.0 Å². The van der Waals surface area contributed by atoms with Gasteiger partial charge in [0.25, 0.3) is 0 Å². The van der Waals surface area contributed by atoms with Crippen LogP contribution in [0.5, 0.6) is 11.5 Å². The quantitative estimate of drug-likeness (QED) is 0.831. The molecule has 0 aliphatic carbocycles. The number of rotatable bonds is 7. The number of ether oxygens (including phenoxy) is 2. The highest BCUT2D eigenvalue weighted by atomic mass is 32.2. The number of thioether (sulfide) groups is 1. The van der Waals surface area contributed by atoms with Crippen molar-refractivity contribution in [1.82, 2.24) is 5.32 Å². The van der Waals surface area contributed by atoms with E-state index in [1.807, 2.05) is 17.8 Å². The minimum atomic E-state index is -2.85. The number of alkyl halides is 2. The summed E-state index contributed by atoms with van der Waals surface area (Å²) < 4.78 is 34.6. The van der Waals surface area contributed by atoms with E-state index in [-0.39, 0.29) is 10.5 Å². The highest BCUT2D eigenvalue weighted by molar-refractivity contribution is 8.00. The summed E-state index contributed by atoms with van der Waals surface area (Å²) >= 11 is 1.99. The minimum Gasteiger partial charge on any atom is -0.493 e. The predicted octanol–water partition coefficient (Wildman–Crippen LogP) is 3.67. The fourth-order valence-corrected chi connectivity index (χ4v) is 3.74. The Hall–Kier alpha value is -1.01. The van der Waals surface area contributed by atoms with Gasteiger partial charge in [-0.1, -0.05) is 6.07 Å². The van der Waals surface area contributed by atoms with Crippen molar-refractivity contribution in [3.05, 3.63) is 23.8 Å². The molecule has 1 N–H and O–H groups in total. The van der Waals surface area contributed by atoms with Gasteiger partial charge in [0.05, 0.1) is 7.11 Å². The standard InChI is InChI=1S/C15H21F2NO2S/c1-15(6-3-7-21-15)10-18-9-11-4-5-12(19-2)13(8-11)20-14(16)17/h4-5,8,14,18H,3,6-7,9-10H2,1-2H3. The van der Waals surface area contributed by atoms with Crippen molar-refractivity contribution in [1.29, 1.82) is 0 Å². The molecule has 0 aromatic heterocycles. The van der Waals surface area contributed by atoms with Crippen LogP contribution < -0.4 is 14.8 Å². The second-order valence-corrected chi connectivity index (χ2v) is 7.05. The Morgan fingerprint density at radius 3 is 2.81 bits per heavy atom. The minimum absolute atomic E-state index is 0.0771. The number of hydrogen-bond donors (Lipinski definition) is 1. The molecule has 1 saturated heterocycles. The molecule has 1 aliphatic heterocycles. The monoisotopic (exact) mass is 317 g/mol. The molecular weight excluding hydrogens is 296 g/mol. The first-order valence-corrected chi connectivity index (χ1v) is 7.97. The lowest BCUT2D eigenvalue weighted by Crippen LogP contribution is -2.32. The Balaban J connectivity index is 1.93. The summed E-state index contributed by atoms with van der Waals surface area (Å²) in [4.78, 5) is 0. The molecule has 0 bridgehead atoms. The molecule has 1 fully saturated rings. The van der Waals surface area contributed by atoms with E-state index in [4.69, 9.17) is 4.74 Å². The van der Waals surface area contributed by atoms with Crippen LogP contribution in [0.25, 0.3) is 0 Å². The van der Waals surface area contributed by atoms with E-state index in [1.165, 1.54) is 25.7 Å². The van der Waals surface area contributed by atoms with E-state index in [1.54, 1.807) is 12.1 Å². The Bertz CT molecular complexity index is 465. The van der Waals surface area contributed by atoms with Gasteiger partial charge in [0.2, 0.25) is 0 Å². The normalized spacial score (nSPS) is 21.8. The van der Waals surface area contributed by atoms with Gasteiger partial charge in [0, 0.05) is 17.8 Å². The van der Waals surface area contributed by atoms with Crippen LogP contribution in [-0.2, 0) is 6.54 Å². The molecule has 0 spiro atoms. The third-order valence-electron chi connectivity index (χ3n) is 3.57. The van der Waals surface area contributed by atoms with Crippen molar-refractivity contribution in [2.75, 3.05) is 19.4 Å². The van der Waals surface area contributed by atoms with Gasteiger partial charge in [0.15, 0.2) is 11.5 Å². The van der Waals surface area contributed by atoms with Crippen LogP contribution in [0.2, 0.25) is 0 Å². The molecule has 0 radical (unpaired) electrons. The summed E-state index contributed by atoms with van der Waals surface area (Å²) in [5.74, 6) is 1.61. The molecule has 1 aliphatic rings. The zero-order valence-corrected chi connectivity index (χ0v) is 13.1. The summed E-state index contributed by atoms with van der Waals surface area (Å²) in [6.07, 6.45) is 2.48. The van der Waals surface area contributed by atoms with E-state index < -0.39 is 6.61 Å². The second-order valence-electron chi connectivity index (χ2n) is 5.37. The first-order chi connectivity index (χ1) is 10.0. The molecule has 3 nitrogen and oxygen atoms in total. The van der Waals surface area contributed by atoms with Gasteiger partial charge < -0.3 is 14.8 Å². The maximum atomic E-state index is 12.4. The van der Waals surface area contributed by atoms with Crippen molar-refractivity contribution < 1.29 is 18.3 Å². The number of hydrogen-bond acceptors (Lipinski definition) is 4. The first kappa shape index (κ1) is 16.4. The SMILES string of the molecule is COc1ccc(CNCC2(C)CCCS2)cc1OC(F)F. The van der Waals surface area contributed by atoms with Crippen LogP contribution >= 0.6 is 11.8 Å². The molecule has 2 rings (SSSR count). The van der Waals surface area contributed by atoms with Crippen LogP contribution in [-0.4, -0.2) is 30.8 Å². The number of nitrogens with one attached hydrogen (secondary N) is 1. The van der Waals surface area contributed by atoms with Gasteiger partial charge in [0.1, 0.15) is 0 Å². The highest BCUT2D eigenvalue weighted by Crippen LogP contribution is 2.37. The fourth-order valence-electron chi connectivity index (χ4n) is 2.47. The largest absolute Gasteiger partial charge is 0.493 e. The van der Waals surface area contributed by atoms with Crippen LogP contribution in [0, 0.1) is 0 Å². The molecule has 0 saturated carbocycles. The molecule has 1 aromatic carbocycles. The molecule has 1 heterocycles. The summed E-state index contributed by atoms with van der Waals surface area (Å²) in [7, 11) is 1.43. The lowest BCUT2D eigenvalue weighted by molar-refractivity contribution is -0.0512. The first-order valence-electron chi connectivity index (χ1n) is 6.99. The van der Waals surface area contributed by atoms with Crippen LogP contribution in [0.4, 0.5) is 8.78 Å². The second kappa shape index (κ2) is 7.31. The summed E-state index contributed by atoms with van der Waals surface area (Å²) in [6.45, 7) is 0.946. The molecular formula is C15H21F2NO2S. The number of halogens is 2. The van der Waals surface area contributed by atoms with Crippen molar-refractivity contribution >= 4 is 11.8 Å². The van der Waals surface area contributed by atoms with E-state index in [0.29, 0.717) is 12.3 Å². The lowest BCUT2D eigenvalue weighted by atomic mass is 10.1. The van der Waals surface area contributed by atoms with Gasteiger partial charge in [-0.05, 0) is 43.2 Å². The zero-order valence-electron chi connectivity index (χ0n) is 12.3. The predicted molar refractivity (Wildman–Crippen MR) is 81.4 cm³/mol. The van der Waals surface area contributed by atoms with Gasteiger partial charge in [-0.3, -0.25) is 0 Å². The Morgan fingerprint density at radius 1 is 1.38 bits per heavy atom. The highest BCUT2D eigenvalue weighted by Gasteiger charge is 2.28. The zero-order chi connectivity index (χ0) is 15.3. The Kier molecular flexibility index (Phi) is 5.70. The van der Waals surface area contributed by atoms with Gasteiger partial charge in [-0.2, -0.15) is 20.5 Å². The average molecular weight is 317 g/mol. The van der Waals surface area contributed by atoms with Gasteiger partial charge in [-0.15, -0.1) is 0 Å². The van der Waals surface area contributed by atoms with Gasteiger partial charge in [-0.25, -0.2) is 0 Å². The average Bonchev–Trinajstić information content (AvgIpc) is 2.85.